The van der Waals surface area contributed by atoms with E-state index in [1.165, 1.54) is 6.26 Å². The Kier molecular flexibility index (Phi) is 7.92. The minimum absolute atomic E-state index is 0. The minimum Gasteiger partial charge on any atom is -0.324 e. The number of halogens is 1. The van der Waals surface area contributed by atoms with Crippen molar-refractivity contribution in [1.82, 2.24) is 0 Å². The maximum atomic E-state index is 11.9. The van der Waals surface area contributed by atoms with E-state index < -0.39 is 15.9 Å². The maximum Gasteiger partial charge on any atom is 0.241 e. The molecule has 3 N–H and O–H groups in total. The van der Waals surface area contributed by atoms with E-state index in [2.05, 4.69) is 5.32 Å². The molecular weight excluding hydrogens is 312 g/mol. The second kappa shape index (κ2) is 8.36. The van der Waals surface area contributed by atoms with E-state index in [4.69, 9.17) is 5.73 Å². The molecule has 120 valence electrons. The van der Waals surface area contributed by atoms with Gasteiger partial charge in [0.25, 0.3) is 0 Å². The lowest BCUT2D eigenvalue weighted by Gasteiger charge is -2.15. The number of carbonyl (C=O) groups excluding carboxylic acids is 1. The van der Waals surface area contributed by atoms with Crippen molar-refractivity contribution < 1.29 is 13.2 Å². The molecule has 1 unspecified atom stereocenters. The second-order valence-electron chi connectivity index (χ2n) is 5.04. The van der Waals surface area contributed by atoms with Crippen LogP contribution in [0.15, 0.2) is 18.2 Å². The van der Waals surface area contributed by atoms with Gasteiger partial charge in [-0.3, -0.25) is 4.79 Å². The highest BCUT2D eigenvalue weighted by atomic mass is 35.5. The molecule has 0 saturated carbocycles. The van der Waals surface area contributed by atoms with Gasteiger partial charge in [-0.1, -0.05) is 25.5 Å². The van der Waals surface area contributed by atoms with E-state index in [1.54, 1.807) is 25.1 Å². The van der Waals surface area contributed by atoms with Crippen molar-refractivity contribution in [2.75, 3.05) is 11.6 Å². The highest BCUT2D eigenvalue weighted by molar-refractivity contribution is 7.89. The van der Waals surface area contributed by atoms with Gasteiger partial charge in [-0.25, -0.2) is 8.42 Å². The first-order valence-electron chi connectivity index (χ1n) is 6.57. The number of rotatable bonds is 6. The summed E-state index contributed by atoms with van der Waals surface area (Å²) in [5.41, 5.74) is 7.82. The summed E-state index contributed by atoms with van der Waals surface area (Å²) in [5.74, 6) is -0.282. The average Bonchev–Trinajstić information content (AvgIpc) is 2.32. The Balaban J connectivity index is 0.00000400. The molecule has 0 saturated heterocycles. The van der Waals surface area contributed by atoms with E-state index >= 15 is 0 Å². The van der Waals surface area contributed by atoms with Gasteiger partial charge in [-0.15, -0.1) is 12.4 Å². The van der Waals surface area contributed by atoms with Crippen molar-refractivity contribution in [2.45, 2.75) is 38.5 Å². The Morgan fingerprint density at radius 3 is 2.52 bits per heavy atom. The zero-order valence-corrected chi connectivity index (χ0v) is 14.2. The molecule has 5 nitrogen and oxygen atoms in total. The molecule has 0 bridgehead atoms. The SMILES string of the molecule is CCCC(N)C(=O)Nc1cccc(CS(C)(=O)=O)c1C.Cl. The van der Waals surface area contributed by atoms with Crippen LogP contribution in [0.4, 0.5) is 5.69 Å². The molecule has 0 spiro atoms. The van der Waals surface area contributed by atoms with Crippen LogP contribution >= 0.6 is 12.4 Å². The summed E-state index contributed by atoms with van der Waals surface area (Å²) in [4.78, 5) is 11.9. The summed E-state index contributed by atoms with van der Waals surface area (Å²) < 4.78 is 22.7. The molecule has 0 aliphatic heterocycles. The van der Waals surface area contributed by atoms with Crippen molar-refractivity contribution in [3.8, 4) is 0 Å². The Labute approximate surface area is 132 Å². The fourth-order valence-corrected chi connectivity index (χ4v) is 2.80. The van der Waals surface area contributed by atoms with Crippen LogP contribution < -0.4 is 11.1 Å². The maximum absolute atomic E-state index is 11.9. The summed E-state index contributed by atoms with van der Waals surface area (Å²) >= 11 is 0. The molecule has 1 aromatic rings. The van der Waals surface area contributed by atoms with Gasteiger partial charge in [0.2, 0.25) is 5.91 Å². The Hall–Kier alpha value is -1.11. The zero-order valence-electron chi connectivity index (χ0n) is 12.5. The smallest absolute Gasteiger partial charge is 0.241 e. The molecule has 0 heterocycles. The monoisotopic (exact) mass is 334 g/mol. The van der Waals surface area contributed by atoms with Crippen LogP contribution in [0.1, 0.15) is 30.9 Å². The summed E-state index contributed by atoms with van der Waals surface area (Å²) in [6.45, 7) is 3.76. The quantitative estimate of drug-likeness (QED) is 0.833. The van der Waals surface area contributed by atoms with Gasteiger partial charge in [0.05, 0.1) is 11.8 Å². The highest BCUT2D eigenvalue weighted by Crippen LogP contribution is 2.21. The number of sulfone groups is 1. The number of anilines is 1. The van der Waals surface area contributed by atoms with E-state index in [1.807, 2.05) is 6.92 Å². The largest absolute Gasteiger partial charge is 0.324 e. The van der Waals surface area contributed by atoms with Crippen LogP contribution in [0.25, 0.3) is 0 Å². The van der Waals surface area contributed by atoms with E-state index in [0.717, 1.165) is 12.0 Å². The van der Waals surface area contributed by atoms with Crippen molar-refractivity contribution >= 4 is 33.8 Å². The zero-order chi connectivity index (χ0) is 15.3. The molecule has 0 fully saturated rings. The average molecular weight is 335 g/mol. The first-order chi connectivity index (χ1) is 9.24. The fraction of sp³-hybridized carbons (Fsp3) is 0.500. The van der Waals surface area contributed by atoms with Crippen LogP contribution in [-0.4, -0.2) is 26.6 Å². The normalized spacial score (nSPS) is 12.4. The first-order valence-corrected chi connectivity index (χ1v) is 8.63. The van der Waals surface area contributed by atoms with E-state index in [9.17, 15) is 13.2 Å². The molecule has 0 aliphatic carbocycles. The molecule has 1 atom stereocenters. The van der Waals surface area contributed by atoms with Crippen LogP contribution in [0, 0.1) is 6.92 Å². The summed E-state index contributed by atoms with van der Waals surface area (Å²) in [5, 5.41) is 2.76. The number of benzene rings is 1. The van der Waals surface area contributed by atoms with Gasteiger partial charge < -0.3 is 11.1 Å². The lowest BCUT2D eigenvalue weighted by Crippen LogP contribution is -2.35. The minimum atomic E-state index is -3.11. The second-order valence-corrected chi connectivity index (χ2v) is 7.18. The standard InChI is InChI=1S/C14H22N2O3S.ClH/c1-4-6-12(15)14(17)16-13-8-5-7-11(10(13)2)9-20(3,18)19;/h5,7-8,12H,4,6,9,15H2,1-3H3,(H,16,17);1H. The van der Waals surface area contributed by atoms with Gasteiger partial charge in [-0.05, 0) is 30.5 Å². The molecule has 1 aromatic carbocycles. The number of amides is 1. The Bertz CT molecular complexity index is 588. The first kappa shape index (κ1) is 19.9. The number of hydrogen-bond donors (Lipinski definition) is 2. The number of nitrogens with two attached hydrogens (primary N) is 1. The fourth-order valence-electron chi connectivity index (χ4n) is 1.93. The van der Waals surface area contributed by atoms with E-state index in [0.29, 0.717) is 17.7 Å². The van der Waals surface area contributed by atoms with Crippen LogP contribution in [-0.2, 0) is 20.4 Å². The number of carbonyl (C=O) groups is 1. The number of nitrogens with one attached hydrogen (secondary N) is 1. The summed E-state index contributed by atoms with van der Waals surface area (Å²) in [6, 6.07) is 4.68. The van der Waals surface area contributed by atoms with Crippen molar-refractivity contribution in [1.29, 1.82) is 0 Å². The Morgan fingerprint density at radius 1 is 1.38 bits per heavy atom. The van der Waals surface area contributed by atoms with Gasteiger partial charge in [-0.2, -0.15) is 0 Å². The highest BCUT2D eigenvalue weighted by Gasteiger charge is 2.15. The molecule has 1 amide bonds. The molecule has 21 heavy (non-hydrogen) atoms. The summed E-state index contributed by atoms with van der Waals surface area (Å²) in [6.07, 6.45) is 2.64. The van der Waals surface area contributed by atoms with Crippen LogP contribution in [0.3, 0.4) is 0 Å². The van der Waals surface area contributed by atoms with E-state index in [-0.39, 0.29) is 24.1 Å². The van der Waals surface area contributed by atoms with Gasteiger partial charge in [0.1, 0.15) is 0 Å². The van der Waals surface area contributed by atoms with Crippen LogP contribution in [0.2, 0.25) is 0 Å². The van der Waals surface area contributed by atoms with Crippen LogP contribution in [0.5, 0.6) is 0 Å². The lowest BCUT2D eigenvalue weighted by molar-refractivity contribution is -0.117. The Morgan fingerprint density at radius 2 is 2.00 bits per heavy atom. The van der Waals surface area contributed by atoms with Crippen molar-refractivity contribution in [3.05, 3.63) is 29.3 Å². The van der Waals surface area contributed by atoms with Crippen molar-refractivity contribution in [3.63, 3.8) is 0 Å². The molecule has 7 heteroatoms. The predicted molar refractivity (Wildman–Crippen MR) is 88.5 cm³/mol. The van der Waals surface area contributed by atoms with Gasteiger partial charge in [0, 0.05) is 11.9 Å². The third-order valence-corrected chi connectivity index (χ3v) is 3.89. The lowest BCUT2D eigenvalue weighted by atomic mass is 10.1. The van der Waals surface area contributed by atoms with Gasteiger partial charge >= 0.3 is 0 Å². The summed E-state index contributed by atoms with van der Waals surface area (Å²) in [7, 11) is -3.11. The van der Waals surface area contributed by atoms with Gasteiger partial charge in [0.15, 0.2) is 9.84 Å². The predicted octanol–water partition coefficient (Wildman–Crippen LogP) is 2.03. The molecule has 1 rings (SSSR count). The van der Waals surface area contributed by atoms with Crippen molar-refractivity contribution in [2.24, 2.45) is 5.73 Å². The molecule has 0 aromatic heterocycles. The molecular formula is C14H23ClN2O3S. The topological polar surface area (TPSA) is 89.3 Å². The molecule has 0 aliphatic rings. The molecule has 0 radical (unpaired) electrons. The third-order valence-electron chi connectivity index (χ3n) is 3.06. The number of hydrogen-bond acceptors (Lipinski definition) is 4. The third kappa shape index (κ3) is 6.46.